The normalized spacial score (nSPS) is 33.4. The molecule has 0 aromatic heterocycles. The van der Waals surface area contributed by atoms with Crippen molar-refractivity contribution in [2.45, 2.75) is 36.8 Å². The molecule has 33 heavy (non-hydrogen) atoms. The van der Waals surface area contributed by atoms with Crippen LogP contribution < -0.4 is 10.6 Å². The molecule has 4 heterocycles. The summed E-state index contributed by atoms with van der Waals surface area (Å²) >= 11 is 0. The van der Waals surface area contributed by atoms with E-state index < -0.39 is 40.2 Å². The van der Waals surface area contributed by atoms with Crippen molar-refractivity contribution >= 4 is 29.2 Å². The molecule has 8 nitrogen and oxygen atoms in total. The van der Waals surface area contributed by atoms with Gasteiger partial charge in [0.2, 0.25) is 5.91 Å². The largest absolute Gasteiger partial charge is 0.468 e. The van der Waals surface area contributed by atoms with Crippen molar-refractivity contribution in [3.8, 4) is 6.07 Å². The van der Waals surface area contributed by atoms with Crippen molar-refractivity contribution in [1.29, 1.82) is 5.26 Å². The lowest BCUT2D eigenvalue weighted by molar-refractivity contribution is -0.157. The summed E-state index contributed by atoms with van der Waals surface area (Å²) in [6.45, 7) is 2.39. The fourth-order valence-corrected chi connectivity index (χ4v) is 7.09. The highest BCUT2D eigenvalue weighted by Gasteiger charge is 2.88. The maximum Gasteiger partial charge on any atom is 0.329 e. The zero-order chi connectivity index (χ0) is 23.2. The lowest BCUT2D eigenvalue weighted by Crippen LogP contribution is -2.65. The van der Waals surface area contributed by atoms with E-state index in [2.05, 4.69) is 16.7 Å². The summed E-state index contributed by atoms with van der Waals surface area (Å²) < 4.78 is 5.24. The van der Waals surface area contributed by atoms with Gasteiger partial charge in [-0.15, -0.1) is 0 Å². The molecule has 4 aliphatic rings. The van der Waals surface area contributed by atoms with Crippen molar-refractivity contribution < 1.29 is 19.1 Å². The quantitative estimate of drug-likeness (QED) is 0.655. The minimum absolute atomic E-state index is 0.400. The molecule has 2 fully saturated rings. The maximum atomic E-state index is 14.2. The van der Waals surface area contributed by atoms with Crippen LogP contribution in [0.3, 0.4) is 0 Å². The number of carbonyl (C=O) groups is 3. The van der Waals surface area contributed by atoms with E-state index in [0.717, 1.165) is 5.56 Å². The number of benzene rings is 2. The summed E-state index contributed by atoms with van der Waals surface area (Å²) in [6.07, 6.45) is 1.19. The molecular weight excluding hydrogens is 420 g/mol. The second kappa shape index (κ2) is 6.21. The Morgan fingerprint density at radius 3 is 2.61 bits per heavy atom. The number of hydrogen-bond donors (Lipinski definition) is 2. The van der Waals surface area contributed by atoms with Gasteiger partial charge in [0.15, 0.2) is 5.41 Å². The number of fused-ring (bicyclic) bond motifs is 7. The third-order valence-corrected chi connectivity index (χ3v) is 8.06. The van der Waals surface area contributed by atoms with E-state index in [4.69, 9.17) is 4.74 Å². The van der Waals surface area contributed by atoms with Crippen LogP contribution in [0.2, 0.25) is 0 Å². The van der Waals surface area contributed by atoms with Crippen molar-refractivity contribution in [2.75, 3.05) is 24.3 Å². The summed E-state index contributed by atoms with van der Waals surface area (Å²) in [5.41, 5.74) is -2.23. The van der Waals surface area contributed by atoms with Gasteiger partial charge in [0.25, 0.3) is 5.91 Å². The van der Waals surface area contributed by atoms with Crippen LogP contribution >= 0.6 is 0 Å². The number of nitrogens with one attached hydrogen (secondary N) is 2. The van der Waals surface area contributed by atoms with E-state index in [1.165, 1.54) is 7.11 Å². The van der Waals surface area contributed by atoms with Crippen molar-refractivity contribution in [1.82, 2.24) is 4.90 Å². The number of hydrogen-bond acceptors (Lipinski definition) is 6. The number of nitriles is 1. The fourth-order valence-electron chi connectivity index (χ4n) is 7.09. The number of nitrogens with zero attached hydrogens (tertiary/aromatic N) is 2. The third kappa shape index (κ3) is 1.83. The number of anilines is 2. The highest BCUT2D eigenvalue weighted by molar-refractivity contribution is 6.20. The zero-order valence-corrected chi connectivity index (χ0v) is 18.3. The molecule has 2 amide bonds. The monoisotopic (exact) mass is 442 g/mol. The number of para-hydroxylation sites is 1. The van der Waals surface area contributed by atoms with Gasteiger partial charge in [0, 0.05) is 23.0 Å². The predicted molar refractivity (Wildman–Crippen MR) is 118 cm³/mol. The minimum Gasteiger partial charge on any atom is -0.468 e. The minimum atomic E-state index is -1.92. The second-order valence-electron chi connectivity index (χ2n) is 9.23. The zero-order valence-electron chi connectivity index (χ0n) is 18.3. The van der Waals surface area contributed by atoms with Gasteiger partial charge in [-0.1, -0.05) is 35.9 Å². The Morgan fingerprint density at radius 2 is 1.85 bits per heavy atom. The first-order chi connectivity index (χ1) is 15.9. The number of amides is 2. The first-order valence-electron chi connectivity index (χ1n) is 11.0. The molecule has 2 saturated heterocycles. The number of methoxy groups -OCH3 is 1. The fraction of sp³-hybridized carbons (Fsp3) is 0.360. The molecule has 2 spiro atoms. The van der Waals surface area contributed by atoms with Crippen LogP contribution in [0.5, 0.6) is 0 Å². The van der Waals surface area contributed by atoms with Crippen LogP contribution in [0.4, 0.5) is 11.4 Å². The molecule has 6 rings (SSSR count). The van der Waals surface area contributed by atoms with E-state index in [1.807, 2.05) is 30.0 Å². The Bertz CT molecular complexity index is 1320. The summed E-state index contributed by atoms with van der Waals surface area (Å²) in [5.74, 6) is -1.73. The van der Waals surface area contributed by atoms with Crippen LogP contribution in [-0.2, 0) is 30.1 Å². The number of esters is 1. The van der Waals surface area contributed by atoms with Gasteiger partial charge in [-0.05, 0) is 44.0 Å². The van der Waals surface area contributed by atoms with Gasteiger partial charge in [-0.2, -0.15) is 5.26 Å². The molecule has 4 atom stereocenters. The first-order valence-corrected chi connectivity index (χ1v) is 11.0. The van der Waals surface area contributed by atoms with Gasteiger partial charge in [-0.25, -0.2) is 0 Å². The number of rotatable bonds is 1. The Labute approximate surface area is 190 Å². The molecule has 0 aliphatic carbocycles. The van der Waals surface area contributed by atoms with E-state index in [0.29, 0.717) is 41.9 Å². The third-order valence-electron chi connectivity index (χ3n) is 8.06. The molecule has 0 radical (unpaired) electrons. The average molecular weight is 442 g/mol. The lowest BCUT2D eigenvalue weighted by Gasteiger charge is -2.45. The molecule has 0 bridgehead atoms. The predicted octanol–water partition coefficient (Wildman–Crippen LogP) is 2.19. The van der Waals surface area contributed by atoms with Crippen LogP contribution in [0, 0.1) is 23.7 Å². The molecule has 4 aliphatic heterocycles. The van der Waals surface area contributed by atoms with Gasteiger partial charge < -0.3 is 15.4 Å². The number of carbonyl (C=O) groups excluding carboxylic acids is 3. The first kappa shape index (κ1) is 19.9. The molecule has 0 saturated carbocycles. The summed E-state index contributed by atoms with van der Waals surface area (Å²) in [6, 6.07) is 14.2. The van der Waals surface area contributed by atoms with E-state index in [1.54, 1.807) is 24.3 Å². The molecule has 1 unspecified atom stereocenters. The lowest BCUT2D eigenvalue weighted by atomic mass is 9.51. The SMILES string of the molecule is COC(=O)[C@@]1(C#N)C2CCCN2[C@]2(C(=O)Nc3ccc(C)cc32)[C@@]12C(=O)Nc1ccccc12. The van der Waals surface area contributed by atoms with Crippen LogP contribution in [0.15, 0.2) is 42.5 Å². The highest BCUT2D eigenvalue weighted by atomic mass is 16.5. The number of ether oxygens (including phenoxy) is 1. The van der Waals surface area contributed by atoms with Crippen molar-refractivity contribution in [3.05, 3.63) is 59.2 Å². The van der Waals surface area contributed by atoms with Gasteiger partial charge >= 0.3 is 5.97 Å². The van der Waals surface area contributed by atoms with Gasteiger partial charge in [-0.3, -0.25) is 19.3 Å². The van der Waals surface area contributed by atoms with E-state index >= 15 is 0 Å². The summed E-state index contributed by atoms with van der Waals surface area (Å²) in [4.78, 5) is 43.9. The highest BCUT2D eigenvalue weighted by Crippen LogP contribution is 2.72. The van der Waals surface area contributed by atoms with Crippen molar-refractivity contribution in [3.63, 3.8) is 0 Å². The molecule has 166 valence electrons. The topological polar surface area (TPSA) is 112 Å². The Kier molecular flexibility index (Phi) is 3.75. The second-order valence-corrected chi connectivity index (χ2v) is 9.23. The summed E-state index contributed by atoms with van der Waals surface area (Å²) in [7, 11) is 1.23. The van der Waals surface area contributed by atoms with Crippen LogP contribution in [0.1, 0.15) is 29.5 Å². The average Bonchev–Trinajstić information content (AvgIpc) is 3.52. The van der Waals surface area contributed by atoms with E-state index in [9.17, 15) is 19.6 Å². The van der Waals surface area contributed by atoms with Gasteiger partial charge in [0.05, 0.1) is 13.2 Å². The molecule has 2 aromatic carbocycles. The standard InChI is InChI=1S/C25H22N4O4/c1-14-9-10-18-16(12-14)25(21(31)28-18)24(15-6-3-4-7-17(15)27-20(24)30)23(13-26,22(32)33-2)19-8-5-11-29(19)25/h3-4,6-7,9-10,12,19H,5,8,11H2,1-2H3,(H,27,30)(H,28,31)/t19?,23-,24+,25-/m1/s1. The van der Waals surface area contributed by atoms with Gasteiger partial charge in [0.1, 0.15) is 11.0 Å². The Balaban J connectivity index is 1.85. The summed E-state index contributed by atoms with van der Waals surface area (Å²) in [5, 5.41) is 16.6. The molecule has 2 N–H and O–H groups in total. The molecule has 8 heteroatoms. The van der Waals surface area contributed by atoms with Crippen LogP contribution in [-0.4, -0.2) is 42.4 Å². The van der Waals surface area contributed by atoms with E-state index in [-0.39, 0.29) is 0 Å². The Hall–Kier alpha value is -3.70. The number of aryl methyl sites for hydroxylation is 1. The Morgan fingerprint density at radius 1 is 1.12 bits per heavy atom. The van der Waals surface area contributed by atoms with Crippen molar-refractivity contribution in [2.24, 2.45) is 5.41 Å². The van der Waals surface area contributed by atoms with Crippen LogP contribution in [0.25, 0.3) is 0 Å². The maximum absolute atomic E-state index is 14.2. The molecular formula is C25H22N4O4. The smallest absolute Gasteiger partial charge is 0.329 e. The molecule has 2 aromatic rings.